The minimum Gasteiger partial charge on any atom is -0.382 e. The Kier molecular flexibility index (Phi) is 8.20. The van der Waals surface area contributed by atoms with Crippen molar-refractivity contribution in [3.05, 3.63) is 80.0 Å². The molecule has 35 heavy (non-hydrogen) atoms. The molecule has 0 saturated carbocycles. The molecule has 3 rings (SSSR count). The number of hydroxylamine groups is 3. The molecule has 1 heterocycles. The van der Waals surface area contributed by atoms with Crippen LogP contribution in [-0.2, 0) is 26.7 Å². The lowest BCUT2D eigenvalue weighted by molar-refractivity contribution is -0.384. The molecular weight excluding hydrogens is 557 g/mol. The fourth-order valence-corrected chi connectivity index (χ4v) is 3.53. The second kappa shape index (κ2) is 10.9. The summed E-state index contributed by atoms with van der Waals surface area (Å²) in [5, 5.41) is 23.6. The van der Waals surface area contributed by atoms with Crippen LogP contribution < -0.4 is 20.8 Å². The maximum Gasteiger partial charge on any atom is 0.333 e. The van der Waals surface area contributed by atoms with E-state index in [0.717, 1.165) is 16.4 Å². The Hall–Kier alpha value is -3.35. The van der Waals surface area contributed by atoms with Gasteiger partial charge in [0, 0.05) is 25.2 Å². The lowest BCUT2D eigenvalue weighted by atomic mass is 10.2. The van der Waals surface area contributed by atoms with Gasteiger partial charge in [-0.2, -0.15) is 18.2 Å². The molecule has 2 aromatic carbocycles. The van der Waals surface area contributed by atoms with Crippen LogP contribution in [0.4, 0.5) is 15.8 Å². The summed E-state index contributed by atoms with van der Waals surface area (Å²) in [6.45, 7) is -0.460. The van der Waals surface area contributed by atoms with Gasteiger partial charge in [0.15, 0.2) is 11.5 Å². The Balaban J connectivity index is 1.86. The number of nitro groups is 1. The second-order valence-corrected chi connectivity index (χ2v) is 8.93. The van der Waals surface area contributed by atoms with Crippen LogP contribution in [0.3, 0.4) is 0 Å². The van der Waals surface area contributed by atoms with Gasteiger partial charge in [-0.3, -0.25) is 20.1 Å². The highest BCUT2D eigenvalue weighted by Crippen LogP contribution is 2.32. The van der Waals surface area contributed by atoms with Crippen molar-refractivity contribution in [2.75, 3.05) is 18.2 Å². The minimum absolute atomic E-state index is 0.00278. The SMILES string of the molecule is N=C(N)C1=C(NCCNS(=O)(=O)O)N(OCc2ccc([N+](=O)[O-])cc2)ON1c1ccc(F)c(Br)c1. The molecule has 188 valence electrons. The number of nitrogens with zero attached hydrogens (tertiary/aromatic N) is 3. The molecule has 0 fully saturated rings. The van der Waals surface area contributed by atoms with E-state index in [4.69, 9.17) is 25.5 Å². The van der Waals surface area contributed by atoms with E-state index < -0.39 is 26.9 Å². The summed E-state index contributed by atoms with van der Waals surface area (Å²) in [4.78, 5) is 21.6. The second-order valence-electron chi connectivity index (χ2n) is 6.84. The molecular formula is C18H19BrFN7O7S. The number of halogens is 2. The largest absolute Gasteiger partial charge is 0.382 e. The Bertz CT molecular complexity index is 1260. The zero-order chi connectivity index (χ0) is 25.8. The highest BCUT2D eigenvalue weighted by Gasteiger charge is 2.35. The van der Waals surface area contributed by atoms with E-state index >= 15 is 0 Å². The number of rotatable bonds is 11. The third-order valence-corrected chi connectivity index (χ3v) is 5.53. The predicted molar refractivity (Wildman–Crippen MR) is 124 cm³/mol. The van der Waals surface area contributed by atoms with Crippen LogP contribution in [-0.4, -0.2) is 42.0 Å². The summed E-state index contributed by atoms with van der Waals surface area (Å²) in [6.07, 6.45) is 0. The van der Waals surface area contributed by atoms with Gasteiger partial charge in [-0.25, -0.2) is 9.23 Å². The van der Waals surface area contributed by atoms with Gasteiger partial charge in [0.2, 0.25) is 0 Å². The van der Waals surface area contributed by atoms with Gasteiger partial charge in [0.1, 0.15) is 18.3 Å². The van der Waals surface area contributed by atoms with Crippen LogP contribution in [0.25, 0.3) is 0 Å². The molecule has 14 nitrogen and oxygen atoms in total. The molecule has 0 saturated heterocycles. The third-order valence-electron chi connectivity index (χ3n) is 4.36. The smallest absolute Gasteiger partial charge is 0.333 e. The summed E-state index contributed by atoms with van der Waals surface area (Å²) in [6, 6.07) is 9.43. The molecule has 0 spiro atoms. The summed E-state index contributed by atoms with van der Waals surface area (Å²) < 4.78 is 46.3. The Morgan fingerprint density at radius 1 is 1.29 bits per heavy atom. The summed E-state index contributed by atoms with van der Waals surface area (Å²) >= 11 is 3.07. The van der Waals surface area contributed by atoms with Crippen molar-refractivity contribution in [3.8, 4) is 0 Å². The number of nitrogens with one attached hydrogen (secondary N) is 3. The number of non-ortho nitro benzene ring substituents is 1. The van der Waals surface area contributed by atoms with E-state index in [0.29, 0.717) is 5.56 Å². The van der Waals surface area contributed by atoms with Gasteiger partial charge in [-0.05, 0) is 51.8 Å². The molecule has 0 radical (unpaired) electrons. The summed E-state index contributed by atoms with van der Waals surface area (Å²) in [7, 11) is -4.43. The van der Waals surface area contributed by atoms with Crippen molar-refractivity contribution in [1.82, 2.24) is 15.3 Å². The number of hydrogen-bond donors (Lipinski definition) is 5. The minimum atomic E-state index is -4.43. The van der Waals surface area contributed by atoms with Crippen LogP contribution in [0.2, 0.25) is 0 Å². The molecule has 0 aliphatic carbocycles. The fourth-order valence-electron chi connectivity index (χ4n) is 2.81. The number of amidine groups is 1. The Morgan fingerprint density at radius 3 is 2.54 bits per heavy atom. The number of hydrogen-bond acceptors (Lipinski definition) is 10. The highest BCUT2D eigenvalue weighted by atomic mass is 79.9. The van der Waals surface area contributed by atoms with Gasteiger partial charge in [0.05, 0.1) is 15.1 Å². The Morgan fingerprint density at radius 2 is 1.97 bits per heavy atom. The molecule has 0 unspecified atom stereocenters. The first-order valence-corrected chi connectivity index (χ1v) is 11.8. The van der Waals surface area contributed by atoms with Gasteiger partial charge < -0.3 is 11.1 Å². The Labute approximate surface area is 206 Å². The normalized spacial score (nSPS) is 13.9. The van der Waals surface area contributed by atoms with Crippen molar-refractivity contribution < 1.29 is 32.1 Å². The number of anilines is 1. The number of nitrogens with two attached hydrogens (primary N) is 1. The van der Waals surface area contributed by atoms with E-state index in [9.17, 15) is 22.9 Å². The third kappa shape index (κ3) is 6.84. The quantitative estimate of drug-likeness (QED) is 0.0652. The molecule has 6 N–H and O–H groups in total. The topological polar surface area (TPSA) is 196 Å². The average molecular weight is 576 g/mol. The first-order valence-electron chi connectivity index (χ1n) is 9.60. The van der Waals surface area contributed by atoms with Gasteiger partial charge in [-0.1, -0.05) is 5.23 Å². The standard InChI is InChI=1S/C18H19BrFN7O7S/c19-14-9-13(5-6-15(14)20)25-16(17(21)22)18(23-7-8-24-35(30,31)32)27(34-25)33-10-11-1-3-12(4-2-11)26(28)29/h1-6,9,23-24H,7-8,10H2,(H3,21,22)(H,30,31,32). The van der Waals surface area contributed by atoms with Crippen molar-refractivity contribution >= 4 is 43.4 Å². The zero-order valence-corrected chi connectivity index (χ0v) is 20.0. The van der Waals surface area contributed by atoms with Crippen molar-refractivity contribution in [1.29, 1.82) is 5.41 Å². The van der Waals surface area contributed by atoms with Crippen LogP contribution in [0.15, 0.2) is 58.5 Å². The van der Waals surface area contributed by atoms with Crippen molar-refractivity contribution in [3.63, 3.8) is 0 Å². The summed E-state index contributed by atoms with van der Waals surface area (Å²) in [5.41, 5.74) is 6.41. The molecule has 0 amide bonds. The number of benzene rings is 2. The fraction of sp³-hybridized carbons (Fsp3) is 0.167. The van der Waals surface area contributed by atoms with Crippen LogP contribution in [0.5, 0.6) is 0 Å². The predicted octanol–water partition coefficient (Wildman–Crippen LogP) is 1.68. The van der Waals surface area contributed by atoms with E-state index in [2.05, 4.69) is 21.2 Å². The van der Waals surface area contributed by atoms with E-state index in [1.807, 2.05) is 4.72 Å². The molecule has 0 atom stereocenters. The zero-order valence-electron chi connectivity index (χ0n) is 17.6. The molecule has 2 aromatic rings. The van der Waals surface area contributed by atoms with E-state index in [1.165, 1.54) is 36.4 Å². The van der Waals surface area contributed by atoms with E-state index in [1.54, 1.807) is 0 Å². The molecule has 1 aliphatic heterocycles. The number of nitro benzene ring substituents is 1. The molecule has 0 aromatic heterocycles. The van der Waals surface area contributed by atoms with Crippen molar-refractivity contribution in [2.24, 2.45) is 5.73 Å². The first kappa shape index (κ1) is 26.3. The molecule has 0 bridgehead atoms. The average Bonchev–Trinajstić information content (AvgIpc) is 3.15. The highest BCUT2D eigenvalue weighted by molar-refractivity contribution is 9.10. The molecule has 17 heteroatoms. The van der Waals surface area contributed by atoms with Crippen LogP contribution in [0.1, 0.15) is 5.56 Å². The maximum atomic E-state index is 13.7. The van der Waals surface area contributed by atoms with Crippen molar-refractivity contribution in [2.45, 2.75) is 6.61 Å². The summed E-state index contributed by atoms with van der Waals surface area (Å²) in [5.74, 6) is -1.02. The lowest BCUT2D eigenvalue weighted by Crippen LogP contribution is -2.35. The van der Waals surface area contributed by atoms with Gasteiger partial charge in [-0.15, -0.1) is 4.94 Å². The first-order chi connectivity index (χ1) is 16.5. The van der Waals surface area contributed by atoms with Gasteiger partial charge in [0.25, 0.3) is 5.69 Å². The van der Waals surface area contributed by atoms with Gasteiger partial charge >= 0.3 is 10.3 Å². The van der Waals surface area contributed by atoms with Crippen LogP contribution in [0, 0.1) is 21.3 Å². The lowest BCUT2D eigenvalue weighted by Gasteiger charge is -2.21. The molecule has 1 aliphatic rings. The monoisotopic (exact) mass is 575 g/mol. The van der Waals surface area contributed by atoms with E-state index in [-0.39, 0.29) is 47.1 Å². The maximum absolute atomic E-state index is 13.7. The van der Waals surface area contributed by atoms with Crippen LogP contribution >= 0.6 is 15.9 Å².